The predicted octanol–water partition coefficient (Wildman–Crippen LogP) is 3.19. The van der Waals surface area contributed by atoms with E-state index >= 15 is 0 Å². The first kappa shape index (κ1) is 11.5. The molecule has 1 heterocycles. The van der Waals surface area contributed by atoms with Crippen LogP contribution in [0.15, 0.2) is 18.2 Å². The van der Waals surface area contributed by atoms with Gasteiger partial charge in [0.15, 0.2) is 0 Å². The number of aryl methyl sites for hydroxylation is 1. The molecule has 0 saturated heterocycles. The summed E-state index contributed by atoms with van der Waals surface area (Å²) in [5, 5.41) is 0. The van der Waals surface area contributed by atoms with Crippen LogP contribution in [0.25, 0.3) is 0 Å². The zero-order valence-corrected chi connectivity index (χ0v) is 10.6. The van der Waals surface area contributed by atoms with Gasteiger partial charge in [0.2, 0.25) is 0 Å². The minimum Gasteiger partial charge on any atom is -0.489 e. The van der Waals surface area contributed by atoms with E-state index in [0.717, 1.165) is 17.7 Å². The molecule has 1 aliphatic rings. The molecule has 2 heteroatoms. The summed E-state index contributed by atoms with van der Waals surface area (Å²) in [5.74, 6) is 0.962. The van der Waals surface area contributed by atoms with Crippen molar-refractivity contribution >= 4 is 0 Å². The van der Waals surface area contributed by atoms with Crippen molar-refractivity contribution in [3.63, 3.8) is 0 Å². The number of rotatable bonds is 0. The molecule has 0 amide bonds. The molecule has 0 radical (unpaired) electrons. The standard InChI is InChI=1S/C14H21NO/c1-9-5-6-12-10(7-9)11(15)8-13(16-12)14(2,3)4/h5-7,11,13H,8,15H2,1-4H3. The third-order valence-electron chi connectivity index (χ3n) is 3.27. The Balaban J connectivity index is 2.34. The fraction of sp³-hybridized carbons (Fsp3) is 0.571. The number of hydrogen-bond donors (Lipinski definition) is 1. The monoisotopic (exact) mass is 219 g/mol. The maximum Gasteiger partial charge on any atom is 0.124 e. The van der Waals surface area contributed by atoms with E-state index in [-0.39, 0.29) is 17.6 Å². The van der Waals surface area contributed by atoms with Crippen LogP contribution < -0.4 is 10.5 Å². The minimum absolute atomic E-state index is 0.105. The second-order valence-electron chi connectivity index (χ2n) is 5.86. The molecule has 0 bridgehead atoms. The van der Waals surface area contributed by atoms with Crippen LogP contribution in [0, 0.1) is 12.3 Å². The van der Waals surface area contributed by atoms with E-state index < -0.39 is 0 Å². The highest BCUT2D eigenvalue weighted by atomic mass is 16.5. The zero-order valence-electron chi connectivity index (χ0n) is 10.6. The Bertz CT molecular complexity index is 392. The van der Waals surface area contributed by atoms with Gasteiger partial charge < -0.3 is 10.5 Å². The number of benzene rings is 1. The van der Waals surface area contributed by atoms with Crippen LogP contribution in [0.3, 0.4) is 0 Å². The van der Waals surface area contributed by atoms with E-state index in [0.29, 0.717) is 0 Å². The molecule has 2 unspecified atom stereocenters. The van der Waals surface area contributed by atoms with Crippen molar-refractivity contribution in [2.75, 3.05) is 0 Å². The van der Waals surface area contributed by atoms with Gasteiger partial charge in [0.1, 0.15) is 11.9 Å². The second kappa shape index (κ2) is 3.77. The van der Waals surface area contributed by atoms with Crippen molar-refractivity contribution in [1.82, 2.24) is 0 Å². The molecule has 2 rings (SSSR count). The third kappa shape index (κ3) is 2.07. The molecular weight excluding hydrogens is 198 g/mol. The molecule has 16 heavy (non-hydrogen) atoms. The average Bonchev–Trinajstić information content (AvgIpc) is 2.17. The van der Waals surface area contributed by atoms with E-state index in [2.05, 4.69) is 39.8 Å². The summed E-state index contributed by atoms with van der Waals surface area (Å²) < 4.78 is 6.04. The Morgan fingerprint density at radius 3 is 2.62 bits per heavy atom. The van der Waals surface area contributed by atoms with Crippen molar-refractivity contribution in [1.29, 1.82) is 0 Å². The van der Waals surface area contributed by atoms with Crippen molar-refractivity contribution in [3.05, 3.63) is 29.3 Å². The Morgan fingerprint density at radius 1 is 1.31 bits per heavy atom. The summed E-state index contributed by atoms with van der Waals surface area (Å²) in [6, 6.07) is 6.37. The van der Waals surface area contributed by atoms with E-state index in [1.54, 1.807) is 0 Å². The van der Waals surface area contributed by atoms with Crippen LogP contribution in [-0.2, 0) is 0 Å². The quantitative estimate of drug-likeness (QED) is 0.727. The summed E-state index contributed by atoms with van der Waals surface area (Å²) >= 11 is 0. The Labute approximate surface area is 97.8 Å². The molecule has 1 aromatic carbocycles. The lowest BCUT2D eigenvalue weighted by Gasteiger charge is -2.38. The van der Waals surface area contributed by atoms with Gasteiger partial charge in [-0.05, 0) is 18.4 Å². The molecule has 88 valence electrons. The van der Waals surface area contributed by atoms with Gasteiger partial charge in [-0.3, -0.25) is 0 Å². The van der Waals surface area contributed by atoms with Gasteiger partial charge in [-0.25, -0.2) is 0 Å². The first-order valence-electron chi connectivity index (χ1n) is 5.91. The van der Waals surface area contributed by atoms with Crippen LogP contribution in [0.5, 0.6) is 5.75 Å². The largest absolute Gasteiger partial charge is 0.489 e. The van der Waals surface area contributed by atoms with Gasteiger partial charge in [0.05, 0.1) is 0 Å². The molecule has 1 aliphatic heterocycles. The SMILES string of the molecule is Cc1ccc2c(c1)C(N)CC(C(C)(C)C)O2. The van der Waals surface area contributed by atoms with E-state index in [4.69, 9.17) is 10.5 Å². The highest BCUT2D eigenvalue weighted by molar-refractivity contribution is 5.40. The Hall–Kier alpha value is -1.02. The highest BCUT2D eigenvalue weighted by Gasteiger charge is 2.33. The number of ether oxygens (including phenoxy) is 1. The maximum absolute atomic E-state index is 6.22. The topological polar surface area (TPSA) is 35.2 Å². The first-order valence-corrected chi connectivity index (χ1v) is 5.91. The lowest BCUT2D eigenvalue weighted by molar-refractivity contribution is 0.0581. The third-order valence-corrected chi connectivity index (χ3v) is 3.27. The highest BCUT2D eigenvalue weighted by Crippen LogP contribution is 2.39. The molecule has 0 spiro atoms. The number of nitrogens with two attached hydrogens (primary N) is 1. The average molecular weight is 219 g/mol. The van der Waals surface area contributed by atoms with Crippen LogP contribution in [-0.4, -0.2) is 6.10 Å². The Kier molecular flexibility index (Phi) is 2.70. The predicted molar refractivity (Wildman–Crippen MR) is 66.6 cm³/mol. The molecular formula is C14H21NO. The van der Waals surface area contributed by atoms with Crippen molar-refractivity contribution in [2.24, 2.45) is 11.1 Å². The summed E-state index contributed by atoms with van der Waals surface area (Å²) in [6.07, 6.45) is 1.11. The smallest absolute Gasteiger partial charge is 0.124 e. The summed E-state index contributed by atoms with van der Waals surface area (Å²) in [4.78, 5) is 0. The van der Waals surface area contributed by atoms with Crippen LogP contribution in [0.2, 0.25) is 0 Å². The van der Waals surface area contributed by atoms with Gasteiger partial charge in [-0.2, -0.15) is 0 Å². The van der Waals surface area contributed by atoms with Gasteiger partial charge in [-0.1, -0.05) is 38.5 Å². The molecule has 1 aromatic rings. The first-order chi connectivity index (χ1) is 7.38. The molecule has 0 fully saturated rings. The molecule has 0 aromatic heterocycles. The summed E-state index contributed by atoms with van der Waals surface area (Å²) in [6.45, 7) is 8.68. The fourth-order valence-electron chi connectivity index (χ4n) is 2.15. The van der Waals surface area contributed by atoms with Crippen LogP contribution >= 0.6 is 0 Å². The number of fused-ring (bicyclic) bond motifs is 1. The van der Waals surface area contributed by atoms with Crippen molar-refractivity contribution in [3.8, 4) is 5.75 Å². The van der Waals surface area contributed by atoms with Crippen molar-refractivity contribution in [2.45, 2.75) is 46.3 Å². The lowest BCUT2D eigenvalue weighted by Crippen LogP contribution is -2.38. The molecule has 2 nitrogen and oxygen atoms in total. The normalized spacial score (nSPS) is 24.8. The van der Waals surface area contributed by atoms with Gasteiger partial charge >= 0.3 is 0 Å². The Morgan fingerprint density at radius 2 is 2.00 bits per heavy atom. The summed E-state index contributed by atoms with van der Waals surface area (Å²) in [5.41, 5.74) is 8.76. The molecule has 2 N–H and O–H groups in total. The molecule has 0 aliphatic carbocycles. The summed E-state index contributed by atoms with van der Waals surface area (Å²) in [7, 11) is 0. The maximum atomic E-state index is 6.22. The van der Waals surface area contributed by atoms with Crippen LogP contribution in [0.1, 0.15) is 44.4 Å². The van der Waals surface area contributed by atoms with E-state index in [1.165, 1.54) is 5.56 Å². The lowest BCUT2D eigenvalue weighted by atomic mass is 9.82. The fourth-order valence-corrected chi connectivity index (χ4v) is 2.15. The van der Waals surface area contributed by atoms with Crippen molar-refractivity contribution < 1.29 is 4.74 Å². The molecule has 2 atom stereocenters. The minimum atomic E-state index is 0.105. The van der Waals surface area contributed by atoms with E-state index in [9.17, 15) is 0 Å². The van der Waals surface area contributed by atoms with Gasteiger partial charge in [-0.15, -0.1) is 0 Å². The molecule has 0 saturated carbocycles. The van der Waals surface area contributed by atoms with E-state index in [1.807, 2.05) is 6.07 Å². The van der Waals surface area contributed by atoms with Crippen LogP contribution in [0.4, 0.5) is 0 Å². The second-order valence-corrected chi connectivity index (χ2v) is 5.86. The van der Waals surface area contributed by atoms with Gasteiger partial charge in [0, 0.05) is 18.0 Å². The zero-order chi connectivity index (χ0) is 11.9. The van der Waals surface area contributed by atoms with Gasteiger partial charge in [0.25, 0.3) is 0 Å². The number of hydrogen-bond acceptors (Lipinski definition) is 2.